The van der Waals surface area contributed by atoms with Gasteiger partial charge in [0.1, 0.15) is 0 Å². The molecule has 0 aliphatic heterocycles. The van der Waals surface area contributed by atoms with Gasteiger partial charge in [0.2, 0.25) is 0 Å². The molecule has 0 aromatic heterocycles. The Hall–Kier alpha value is 0.247. The van der Waals surface area contributed by atoms with Gasteiger partial charge in [-0.05, 0) is 6.92 Å². The highest BCUT2D eigenvalue weighted by Crippen LogP contribution is 1.97. The van der Waals surface area contributed by atoms with Crippen molar-refractivity contribution >= 4 is 19.2 Å². The number of hydrogen-bond donors (Lipinski definition) is 0. The average molecular weight is 121 g/mol. The summed E-state index contributed by atoms with van der Waals surface area (Å²) < 4.78 is 0. The molecule has 0 fully saturated rings. The quantitative estimate of drug-likeness (QED) is 0.365. The van der Waals surface area contributed by atoms with E-state index in [2.05, 4.69) is 6.58 Å². The van der Waals surface area contributed by atoms with Gasteiger partial charge in [-0.2, -0.15) is 11.1 Å². The molecule has 2 heteroatoms. The van der Waals surface area contributed by atoms with Crippen LogP contribution in [0.4, 0.5) is 0 Å². The predicted octanol–water partition coefficient (Wildman–Crippen LogP) is 1.69. The Labute approximate surface area is 45.1 Å². The van der Waals surface area contributed by atoms with Crippen molar-refractivity contribution in [2.45, 2.75) is 13.5 Å². The van der Waals surface area contributed by atoms with Crippen LogP contribution in [0.25, 0.3) is 0 Å². The minimum Gasteiger partial charge on any atom is -0.166 e. The van der Waals surface area contributed by atoms with E-state index >= 15 is 0 Å². The molecule has 0 amide bonds. The smallest absolute Gasteiger partial charge is 0.163 e. The van der Waals surface area contributed by atoms with E-state index in [1.807, 2.05) is 13.5 Å². The molecular formula is C4H9ClSi. The fraction of sp³-hybridized carbons (Fsp3) is 0.500. The Morgan fingerprint density at radius 1 is 1.83 bits per heavy atom. The third-order valence-corrected chi connectivity index (χ3v) is 3.15. The predicted molar refractivity (Wildman–Crippen MR) is 33.7 cm³/mol. The minimum atomic E-state index is -0.966. The number of rotatable bonds is 1. The molecule has 0 saturated heterocycles. The Balaban J connectivity index is 3.26. The molecule has 0 rings (SSSR count). The van der Waals surface area contributed by atoms with E-state index in [1.54, 1.807) is 0 Å². The molecule has 0 heterocycles. The molecule has 0 aromatic carbocycles. The van der Waals surface area contributed by atoms with Gasteiger partial charge in [0.15, 0.2) is 8.11 Å². The lowest BCUT2D eigenvalue weighted by Gasteiger charge is -1.92. The zero-order valence-electron chi connectivity index (χ0n) is 4.16. The van der Waals surface area contributed by atoms with Crippen molar-refractivity contribution in [2.75, 3.05) is 0 Å². The van der Waals surface area contributed by atoms with Crippen molar-refractivity contribution in [3.63, 3.8) is 0 Å². The van der Waals surface area contributed by atoms with Crippen LogP contribution in [0.2, 0.25) is 6.55 Å². The topological polar surface area (TPSA) is 0 Å². The van der Waals surface area contributed by atoms with Gasteiger partial charge < -0.3 is 0 Å². The summed E-state index contributed by atoms with van der Waals surface area (Å²) in [4.78, 5) is 0. The van der Waals surface area contributed by atoms with Crippen LogP contribution in [0.1, 0.15) is 6.92 Å². The van der Waals surface area contributed by atoms with Crippen molar-refractivity contribution < 1.29 is 0 Å². The number of hydrogen-bond acceptors (Lipinski definition) is 0. The molecule has 0 aromatic rings. The third-order valence-electron chi connectivity index (χ3n) is 0.679. The van der Waals surface area contributed by atoms with Crippen LogP contribution in [0.15, 0.2) is 11.8 Å². The van der Waals surface area contributed by atoms with E-state index in [4.69, 9.17) is 11.1 Å². The van der Waals surface area contributed by atoms with E-state index < -0.39 is 8.11 Å². The summed E-state index contributed by atoms with van der Waals surface area (Å²) in [5, 5.41) is 1.16. The van der Waals surface area contributed by atoms with Crippen molar-refractivity contribution in [3.05, 3.63) is 11.8 Å². The Morgan fingerprint density at radius 3 is 2.00 bits per heavy atom. The molecule has 0 radical (unpaired) electrons. The van der Waals surface area contributed by atoms with Crippen molar-refractivity contribution in [2.24, 2.45) is 0 Å². The molecule has 0 aliphatic rings. The lowest BCUT2D eigenvalue weighted by molar-refractivity contribution is 1.68. The van der Waals surface area contributed by atoms with E-state index in [9.17, 15) is 0 Å². The zero-order valence-corrected chi connectivity index (χ0v) is 6.07. The Bertz CT molecular complexity index is 58.6. The second-order valence-electron chi connectivity index (χ2n) is 1.46. The molecule has 36 valence electrons. The standard InChI is InChI=1S/C4H9ClSi/c1-4(2)6(3)5/h6H,1H2,2-3H3. The molecule has 0 nitrogen and oxygen atoms in total. The van der Waals surface area contributed by atoms with Gasteiger partial charge in [0, 0.05) is 0 Å². The van der Waals surface area contributed by atoms with Gasteiger partial charge in [-0.3, -0.25) is 0 Å². The highest BCUT2D eigenvalue weighted by molar-refractivity contribution is 7.10. The van der Waals surface area contributed by atoms with E-state index in [0.29, 0.717) is 0 Å². The first kappa shape index (κ1) is 6.25. The lowest BCUT2D eigenvalue weighted by atomic mass is 10.8. The first-order chi connectivity index (χ1) is 2.64. The van der Waals surface area contributed by atoms with E-state index in [1.165, 1.54) is 0 Å². The molecule has 6 heavy (non-hydrogen) atoms. The summed E-state index contributed by atoms with van der Waals surface area (Å²) in [5.74, 6) is 0. The second-order valence-corrected chi connectivity index (χ2v) is 5.64. The highest BCUT2D eigenvalue weighted by Gasteiger charge is 1.94. The number of halogens is 1. The summed E-state index contributed by atoms with van der Waals surface area (Å²) >= 11 is 5.65. The molecule has 0 spiro atoms. The SMILES string of the molecule is C=C(C)[SiH](C)Cl. The summed E-state index contributed by atoms with van der Waals surface area (Å²) in [5.41, 5.74) is 0. The van der Waals surface area contributed by atoms with Crippen LogP contribution in [0.5, 0.6) is 0 Å². The first-order valence-corrected chi connectivity index (χ1v) is 5.42. The van der Waals surface area contributed by atoms with Crippen LogP contribution in [0, 0.1) is 0 Å². The summed E-state index contributed by atoms with van der Waals surface area (Å²) in [6, 6.07) is 0. The van der Waals surface area contributed by atoms with Crippen LogP contribution >= 0.6 is 11.1 Å². The van der Waals surface area contributed by atoms with Gasteiger partial charge in [0.05, 0.1) is 0 Å². The first-order valence-electron chi connectivity index (χ1n) is 1.94. The normalized spacial score (nSPS) is 13.8. The van der Waals surface area contributed by atoms with Crippen LogP contribution < -0.4 is 0 Å². The van der Waals surface area contributed by atoms with Crippen LogP contribution in [-0.2, 0) is 0 Å². The monoisotopic (exact) mass is 120 g/mol. The molecular weight excluding hydrogens is 112 g/mol. The summed E-state index contributed by atoms with van der Waals surface area (Å²) in [6.07, 6.45) is 0. The van der Waals surface area contributed by atoms with Crippen molar-refractivity contribution in [1.29, 1.82) is 0 Å². The van der Waals surface area contributed by atoms with E-state index in [-0.39, 0.29) is 0 Å². The minimum absolute atomic E-state index is 0.966. The van der Waals surface area contributed by atoms with Crippen LogP contribution in [-0.4, -0.2) is 8.11 Å². The fourth-order valence-electron chi connectivity index (χ4n) is 0. The Morgan fingerprint density at radius 2 is 2.00 bits per heavy atom. The second kappa shape index (κ2) is 2.43. The molecule has 1 unspecified atom stereocenters. The molecule has 0 N–H and O–H groups in total. The van der Waals surface area contributed by atoms with E-state index in [0.717, 1.165) is 5.20 Å². The van der Waals surface area contributed by atoms with Gasteiger partial charge in [-0.25, -0.2) is 0 Å². The average Bonchev–Trinajstić information content (AvgIpc) is 1.36. The highest BCUT2D eigenvalue weighted by atomic mass is 35.6. The van der Waals surface area contributed by atoms with Gasteiger partial charge in [-0.1, -0.05) is 11.7 Å². The van der Waals surface area contributed by atoms with Gasteiger partial charge >= 0.3 is 0 Å². The van der Waals surface area contributed by atoms with Crippen molar-refractivity contribution in [3.8, 4) is 0 Å². The van der Waals surface area contributed by atoms with Gasteiger partial charge in [-0.15, -0.1) is 6.58 Å². The molecule has 0 saturated carbocycles. The maximum atomic E-state index is 5.65. The van der Waals surface area contributed by atoms with Crippen molar-refractivity contribution in [1.82, 2.24) is 0 Å². The molecule has 0 aliphatic carbocycles. The summed E-state index contributed by atoms with van der Waals surface area (Å²) in [6.45, 7) is 7.71. The Kier molecular flexibility index (Phi) is 2.52. The maximum Gasteiger partial charge on any atom is 0.163 e. The fourth-order valence-corrected chi connectivity index (χ4v) is 0. The molecule has 1 atom stereocenters. The molecule has 0 bridgehead atoms. The zero-order chi connectivity index (χ0) is 5.15. The lowest BCUT2D eigenvalue weighted by Crippen LogP contribution is -1.94. The number of allylic oxidation sites excluding steroid dienone is 1. The van der Waals surface area contributed by atoms with Crippen LogP contribution in [0.3, 0.4) is 0 Å². The van der Waals surface area contributed by atoms with Gasteiger partial charge in [0.25, 0.3) is 0 Å². The summed E-state index contributed by atoms with van der Waals surface area (Å²) in [7, 11) is -0.966. The third kappa shape index (κ3) is 2.48. The maximum absolute atomic E-state index is 5.65. The largest absolute Gasteiger partial charge is 0.166 e.